The predicted molar refractivity (Wildman–Crippen MR) is 103 cm³/mol. The van der Waals surface area contributed by atoms with Crippen LogP contribution >= 0.6 is 0 Å². The minimum atomic E-state index is 0. The average Bonchev–Trinajstić information content (AvgIpc) is 3.11. The van der Waals surface area contributed by atoms with Gasteiger partial charge in [0.05, 0.1) is 0 Å². The van der Waals surface area contributed by atoms with Gasteiger partial charge in [0.25, 0.3) is 0 Å². The largest absolute Gasteiger partial charge is 1.00 e. The fraction of sp³-hybridized carbons (Fsp3) is 0.591. The van der Waals surface area contributed by atoms with E-state index in [9.17, 15) is 0 Å². The molecule has 4 rings (SSSR count). The molecule has 4 heteroatoms. The quantitative estimate of drug-likeness (QED) is 0.372. The second kappa shape index (κ2) is 13.6. The number of halogens is 2. The monoisotopic (exact) mass is 442 g/mol. The molecular weight excluding hydrogens is 411 g/mol. The van der Waals surface area contributed by atoms with E-state index in [1.807, 2.05) is 0 Å². The van der Waals surface area contributed by atoms with Crippen molar-refractivity contribution in [3.8, 4) is 0 Å². The zero-order valence-corrected chi connectivity index (χ0v) is 20.6. The molecule has 144 valence electrons. The summed E-state index contributed by atoms with van der Waals surface area (Å²) in [6.07, 6.45) is 24.3. The topological polar surface area (TPSA) is 0 Å². The second-order valence-electron chi connectivity index (χ2n) is 7.62. The Hall–Kier alpha value is 0.471. The van der Waals surface area contributed by atoms with Gasteiger partial charge in [-0.15, -0.1) is 25.3 Å². The molecule has 0 aromatic rings. The molecule has 4 aliphatic carbocycles. The van der Waals surface area contributed by atoms with Crippen LogP contribution in [0.4, 0.5) is 0 Å². The Morgan fingerprint density at radius 1 is 1.08 bits per heavy atom. The van der Waals surface area contributed by atoms with E-state index < -0.39 is 0 Å². The normalized spacial score (nSPS) is 29.9. The summed E-state index contributed by atoms with van der Waals surface area (Å²) in [6, 6.07) is 0. The first kappa shape index (κ1) is 26.5. The van der Waals surface area contributed by atoms with Crippen LogP contribution in [-0.4, -0.2) is 6.19 Å². The first-order valence-corrected chi connectivity index (χ1v) is 14.3. The fourth-order valence-electron chi connectivity index (χ4n) is 4.10. The van der Waals surface area contributed by atoms with Gasteiger partial charge < -0.3 is 31.2 Å². The van der Waals surface area contributed by atoms with Crippen molar-refractivity contribution in [1.29, 1.82) is 0 Å². The Kier molecular flexibility index (Phi) is 13.9. The van der Waals surface area contributed by atoms with Crippen LogP contribution in [0.5, 0.6) is 0 Å². The van der Waals surface area contributed by atoms with Crippen LogP contribution in [-0.2, 0) is 19.2 Å². The van der Waals surface area contributed by atoms with Gasteiger partial charge in [-0.25, -0.2) is 11.1 Å². The molecule has 26 heavy (non-hydrogen) atoms. The van der Waals surface area contributed by atoms with Gasteiger partial charge in [0.2, 0.25) is 0 Å². The Morgan fingerprint density at radius 3 is 2.23 bits per heavy atom. The molecule has 0 radical (unpaired) electrons. The molecule has 4 unspecified atom stereocenters. The summed E-state index contributed by atoms with van der Waals surface area (Å²) >= 11 is 2.27. The predicted octanol–water partition coefficient (Wildman–Crippen LogP) is 0.247. The zero-order chi connectivity index (χ0) is 17.5. The molecule has 0 spiro atoms. The molecule has 4 aliphatic rings. The standard InChI is InChI=1S/C13H17.C7H9.C2H6Si.2ClH.Ti/c1-3-7-12-10(5-1)9-11-6-2-4-8-13(11)12;1-6-4-3-5-7(6)2;1-3-2;;;/h1,3,5,7,9-13H,2,4,6,8H2;4H,3H2,1-2H3;1-2H3;2*1H;/q2*-1;;;;+2/p-2. The van der Waals surface area contributed by atoms with Gasteiger partial charge in [-0.1, -0.05) is 56.8 Å². The van der Waals surface area contributed by atoms with E-state index in [0.29, 0.717) is 0 Å². The van der Waals surface area contributed by atoms with Gasteiger partial charge in [-0.2, -0.15) is 12.0 Å². The molecule has 0 bridgehead atoms. The molecule has 0 amide bonds. The molecule has 0 N–H and O–H groups in total. The third kappa shape index (κ3) is 8.23. The van der Waals surface area contributed by atoms with Gasteiger partial charge in [-0.05, 0) is 5.92 Å². The second-order valence-corrected chi connectivity index (χ2v) is 14.3. The van der Waals surface area contributed by atoms with Crippen LogP contribution in [0.15, 0.2) is 41.5 Å². The minimum Gasteiger partial charge on any atom is -1.00 e. The van der Waals surface area contributed by atoms with Crippen molar-refractivity contribution in [1.82, 2.24) is 0 Å². The Morgan fingerprint density at radius 2 is 1.69 bits per heavy atom. The molecule has 0 aliphatic heterocycles. The maximum atomic E-state index is 3.19. The van der Waals surface area contributed by atoms with Crippen molar-refractivity contribution < 1.29 is 44.0 Å². The number of allylic oxidation sites excluding steroid dienone is 8. The molecule has 0 aromatic carbocycles. The van der Waals surface area contributed by atoms with Crippen LogP contribution in [0.25, 0.3) is 0 Å². The Bertz CT molecular complexity index is 542. The van der Waals surface area contributed by atoms with E-state index in [2.05, 4.69) is 89.0 Å². The molecule has 0 saturated heterocycles. The van der Waals surface area contributed by atoms with Crippen LogP contribution in [0.2, 0.25) is 13.1 Å². The van der Waals surface area contributed by atoms with Gasteiger partial charge in [-0.3, -0.25) is 6.08 Å². The first-order chi connectivity index (χ1) is 11.5. The van der Waals surface area contributed by atoms with Crippen molar-refractivity contribution in [2.24, 2.45) is 23.7 Å². The molecular formula is C22H32Cl2SiTi-2. The van der Waals surface area contributed by atoms with Crippen molar-refractivity contribution in [3.05, 3.63) is 54.0 Å². The summed E-state index contributed by atoms with van der Waals surface area (Å²) in [5.74, 6) is 3.56. The van der Waals surface area contributed by atoms with Gasteiger partial charge >= 0.3 is 38.5 Å². The minimum absolute atomic E-state index is 0. The third-order valence-electron chi connectivity index (χ3n) is 5.43. The van der Waals surface area contributed by atoms with E-state index in [4.69, 9.17) is 0 Å². The summed E-state index contributed by atoms with van der Waals surface area (Å²) in [4.78, 5) is 0. The molecule has 2 saturated carbocycles. The van der Waals surface area contributed by atoms with Crippen molar-refractivity contribution in [2.45, 2.75) is 59.0 Å². The van der Waals surface area contributed by atoms with Crippen LogP contribution < -0.4 is 24.8 Å². The van der Waals surface area contributed by atoms with Gasteiger partial charge in [0.1, 0.15) is 0 Å². The van der Waals surface area contributed by atoms with Crippen molar-refractivity contribution >= 4 is 6.19 Å². The van der Waals surface area contributed by atoms with Gasteiger partial charge in [0.15, 0.2) is 0 Å². The van der Waals surface area contributed by atoms with E-state index >= 15 is 0 Å². The van der Waals surface area contributed by atoms with Gasteiger partial charge in [0, 0.05) is 0 Å². The Balaban J connectivity index is 0.000000415. The van der Waals surface area contributed by atoms with E-state index in [1.54, 1.807) is 0 Å². The smallest absolute Gasteiger partial charge is 1.00 e. The van der Waals surface area contributed by atoms with Crippen LogP contribution in [0, 0.1) is 36.2 Å². The molecule has 4 atom stereocenters. The number of rotatable bonds is 0. The summed E-state index contributed by atoms with van der Waals surface area (Å²) in [6.45, 7) is 8.75. The number of hydrogen-bond acceptors (Lipinski definition) is 0. The maximum absolute atomic E-state index is 3.19. The summed E-state index contributed by atoms with van der Waals surface area (Å²) in [5.41, 5.74) is 2.71. The van der Waals surface area contributed by atoms with E-state index in [-0.39, 0.29) is 31.0 Å². The zero-order valence-electron chi connectivity index (χ0n) is 16.6. The summed E-state index contributed by atoms with van der Waals surface area (Å²) in [7, 11) is 0. The first-order valence-electron chi connectivity index (χ1n) is 9.45. The van der Waals surface area contributed by atoms with Crippen LogP contribution in [0.3, 0.4) is 0 Å². The van der Waals surface area contributed by atoms with E-state index in [1.165, 1.54) is 36.8 Å². The number of hydrogen-bond donors (Lipinski definition) is 0. The summed E-state index contributed by atoms with van der Waals surface area (Å²) < 4.78 is 0. The number of fused-ring (bicyclic) bond motifs is 3. The van der Waals surface area contributed by atoms with E-state index in [0.717, 1.165) is 30.1 Å². The summed E-state index contributed by atoms with van der Waals surface area (Å²) in [5, 5.41) is 0. The molecule has 0 nitrogen and oxygen atoms in total. The van der Waals surface area contributed by atoms with Crippen molar-refractivity contribution in [3.63, 3.8) is 0 Å². The molecule has 2 fully saturated rings. The van der Waals surface area contributed by atoms with Crippen molar-refractivity contribution in [2.75, 3.05) is 0 Å². The fourth-order valence-corrected chi connectivity index (χ4v) is 4.10. The van der Waals surface area contributed by atoms with Crippen LogP contribution in [0.1, 0.15) is 46.0 Å². The molecule has 0 heterocycles. The SMILES string of the molecule is C1=CC2[CH-]C3CCCCC3C2C=C1.CC1=[C-]CC=C1C.C[Si](C)=[Ti+2].[Cl-].[Cl-]. The average molecular weight is 443 g/mol. The Labute approximate surface area is 186 Å². The third-order valence-corrected chi connectivity index (χ3v) is 5.43. The molecule has 0 aromatic heterocycles. The maximum Gasteiger partial charge on any atom is -1.00 e.